The molecule has 1 aliphatic carbocycles. The van der Waals surface area contributed by atoms with E-state index >= 15 is 0 Å². The summed E-state index contributed by atoms with van der Waals surface area (Å²) in [6.07, 6.45) is 0. The SMILES string of the molecule is CC1(C)c2ccccc2-c2cc(N(c3cccc(-c4ccccc4)c3-c3ccccc3-c3ccccc3)c3cccc4oc5ccccc5c34)ccc21. The number of fused-ring (bicyclic) bond motifs is 6. The van der Waals surface area contributed by atoms with Crippen LogP contribution in [0.2, 0.25) is 0 Å². The molecule has 0 N–H and O–H groups in total. The van der Waals surface area contributed by atoms with Crippen LogP contribution < -0.4 is 4.90 Å². The molecule has 1 heterocycles. The molecule has 1 aliphatic rings. The third kappa shape index (κ3) is 4.94. The van der Waals surface area contributed by atoms with Crippen molar-refractivity contribution in [3.8, 4) is 44.5 Å². The molecular formula is C51H37NO. The fourth-order valence-electron chi connectivity index (χ4n) is 8.64. The average molecular weight is 680 g/mol. The molecule has 10 rings (SSSR count). The Morgan fingerprint density at radius 3 is 1.77 bits per heavy atom. The molecule has 2 nitrogen and oxygen atoms in total. The lowest BCUT2D eigenvalue weighted by molar-refractivity contribution is 0.660. The van der Waals surface area contributed by atoms with E-state index in [-0.39, 0.29) is 5.41 Å². The van der Waals surface area contributed by atoms with Gasteiger partial charge in [-0.1, -0.05) is 166 Å². The number of benzene rings is 8. The summed E-state index contributed by atoms with van der Waals surface area (Å²) >= 11 is 0. The number of hydrogen-bond acceptors (Lipinski definition) is 2. The standard InChI is InChI=1S/C51H37NO/c1-51(2)43-26-13-11-22-39(43)42-33-36(31-32-44(42)51)52(46-28-16-30-48-50(46)41-24-12-14-29-47(41)53-48)45-27-15-25-38(35-19-7-4-8-20-35)49(45)40-23-10-9-21-37(40)34-17-5-3-6-18-34/h3-33H,1-2H3. The van der Waals surface area contributed by atoms with E-state index in [0.717, 1.165) is 39.0 Å². The van der Waals surface area contributed by atoms with Crippen LogP contribution in [0.3, 0.4) is 0 Å². The predicted octanol–water partition coefficient (Wildman–Crippen LogP) is 14.4. The first kappa shape index (κ1) is 31.1. The molecule has 0 atom stereocenters. The molecule has 0 unspecified atom stereocenters. The minimum Gasteiger partial charge on any atom is -0.456 e. The molecule has 0 radical (unpaired) electrons. The number of para-hydroxylation sites is 1. The molecule has 0 spiro atoms. The van der Waals surface area contributed by atoms with Crippen molar-refractivity contribution < 1.29 is 4.42 Å². The molecule has 2 heteroatoms. The van der Waals surface area contributed by atoms with Crippen LogP contribution in [0, 0.1) is 0 Å². The maximum Gasteiger partial charge on any atom is 0.137 e. The fraction of sp³-hybridized carbons (Fsp3) is 0.0588. The van der Waals surface area contributed by atoms with Crippen molar-refractivity contribution >= 4 is 39.0 Å². The predicted molar refractivity (Wildman–Crippen MR) is 222 cm³/mol. The van der Waals surface area contributed by atoms with Crippen LogP contribution in [0.15, 0.2) is 192 Å². The number of rotatable bonds is 6. The van der Waals surface area contributed by atoms with Gasteiger partial charge in [0, 0.05) is 22.1 Å². The van der Waals surface area contributed by atoms with Gasteiger partial charge < -0.3 is 9.32 Å². The summed E-state index contributed by atoms with van der Waals surface area (Å²) in [5, 5.41) is 2.19. The molecule has 9 aromatic rings. The minimum atomic E-state index is -0.0942. The van der Waals surface area contributed by atoms with Crippen molar-refractivity contribution in [2.75, 3.05) is 4.90 Å². The monoisotopic (exact) mass is 679 g/mol. The molecule has 0 aliphatic heterocycles. The Hall–Kier alpha value is -6.64. The zero-order chi connectivity index (χ0) is 35.5. The molecule has 0 amide bonds. The van der Waals surface area contributed by atoms with Crippen molar-refractivity contribution in [1.82, 2.24) is 0 Å². The largest absolute Gasteiger partial charge is 0.456 e. The Labute approximate surface area is 310 Å². The topological polar surface area (TPSA) is 16.4 Å². The normalized spacial score (nSPS) is 12.9. The van der Waals surface area contributed by atoms with E-state index in [2.05, 4.69) is 201 Å². The van der Waals surface area contributed by atoms with Gasteiger partial charge in [0.05, 0.1) is 16.8 Å². The molecule has 252 valence electrons. The van der Waals surface area contributed by atoms with Crippen LogP contribution >= 0.6 is 0 Å². The summed E-state index contributed by atoms with van der Waals surface area (Å²) in [6.45, 7) is 4.69. The molecule has 0 saturated carbocycles. The van der Waals surface area contributed by atoms with E-state index in [0.29, 0.717) is 0 Å². The molecule has 1 aromatic heterocycles. The number of furan rings is 1. The Morgan fingerprint density at radius 1 is 0.415 bits per heavy atom. The van der Waals surface area contributed by atoms with Crippen LogP contribution in [-0.4, -0.2) is 0 Å². The highest BCUT2D eigenvalue weighted by Crippen LogP contribution is 2.53. The number of anilines is 3. The first-order valence-corrected chi connectivity index (χ1v) is 18.4. The van der Waals surface area contributed by atoms with Crippen molar-refractivity contribution in [3.05, 3.63) is 199 Å². The van der Waals surface area contributed by atoms with Gasteiger partial charge in [-0.05, 0) is 86.5 Å². The van der Waals surface area contributed by atoms with Gasteiger partial charge in [-0.25, -0.2) is 0 Å². The molecule has 0 saturated heterocycles. The first-order valence-electron chi connectivity index (χ1n) is 18.4. The fourth-order valence-corrected chi connectivity index (χ4v) is 8.64. The quantitative estimate of drug-likeness (QED) is 0.174. The van der Waals surface area contributed by atoms with Gasteiger partial charge in [-0.15, -0.1) is 0 Å². The lowest BCUT2D eigenvalue weighted by Crippen LogP contribution is -2.16. The van der Waals surface area contributed by atoms with Crippen LogP contribution in [0.5, 0.6) is 0 Å². The summed E-state index contributed by atoms with van der Waals surface area (Å²) in [4.78, 5) is 2.47. The highest BCUT2D eigenvalue weighted by molar-refractivity contribution is 6.14. The highest BCUT2D eigenvalue weighted by Gasteiger charge is 2.36. The summed E-state index contributed by atoms with van der Waals surface area (Å²) < 4.78 is 6.52. The van der Waals surface area contributed by atoms with Crippen LogP contribution in [0.1, 0.15) is 25.0 Å². The third-order valence-electron chi connectivity index (χ3n) is 11.1. The number of hydrogen-bond donors (Lipinski definition) is 0. The Kier molecular flexibility index (Phi) is 7.19. The minimum absolute atomic E-state index is 0.0942. The van der Waals surface area contributed by atoms with Gasteiger partial charge in [0.25, 0.3) is 0 Å². The molecular weight excluding hydrogens is 643 g/mol. The van der Waals surface area contributed by atoms with Crippen molar-refractivity contribution in [2.24, 2.45) is 0 Å². The van der Waals surface area contributed by atoms with Gasteiger partial charge in [-0.2, -0.15) is 0 Å². The van der Waals surface area contributed by atoms with E-state index in [9.17, 15) is 0 Å². The molecule has 53 heavy (non-hydrogen) atoms. The van der Waals surface area contributed by atoms with Gasteiger partial charge in [-0.3, -0.25) is 0 Å². The third-order valence-corrected chi connectivity index (χ3v) is 11.1. The Morgan fingerprint density at radius 2 is 0.981 bits per heavy atom. The van der Waals surface area contributed by atoms with Crippen LogP contribution in [-0.2, 0) is 5.41 Å². The average Bonchev–Trinajstić information content (AvgIpc) is 3.71. The summed E-state index contributed by atoms with van der Waals surface area (Å²) in [6, 6.07) is 67.9. The zero-order valence-electron chi connectivity index (χ0n) is 29.8. The first-order chi connectivity index (χ1) is 26.1. The van der Waals surface area contributed by atoms with E-state index in [1.54, 1.807) is 0 Å². The van der Waals surface area contributed by atoms with Gasteiger partial charge >= 0.3 is 0 Å². The van der Waals surface area contributed by atoms with E-state index < -0.39 is 0 Å². The summed E-state index contributed by atoms with van der Waals surface area (Å²) in [5.41, 5.74) is 17.3. The van der Waals surface area contributed by atoms with E-state index in [4.69, 9.17) is 4.42 Å². The second kappa shape index (κ2) is 12.3. The lowest BCUT2D eigenvalue weighted by Gasteiger charge is -2.31. The smallest absolute Gasteiger partial charge is 0.137 e. The van der Waals surface area contributed by atoms with Gasteiger partial charge in [0.15, 0.2) is 0 Å². The van der Waals surface area contributed by atoms with Crippen molar-refractivity contribution in [2.45, 2.75) is 19.3 Å². The number of nitrogens with zero attached hydrogens (tertiary/aromatic N) is 1. The van der Waals surface area contributed by atoms with Crippen LogP contribution in [0.25, 0.3) is 66.4 Å². The van der Waals surface area contributed by atoms with E-state index in [1.807, 2.05) is 6.07 Å². The Balaban J connectivity index is 1.33. The highest BCUT2D eigenvalue weighted by atomic mass is 16.3. The second-order valence-corrected chi connectivity index (χ2v) is 14.5. The maximum absolute atomic E-state index is 6.52. The zero-order valence-corrected chi connectivity index (χ0v) is 29.8. The second-order valence-electron chi connectivity index (χ2n) is 14.5. The van der Waals surface area contributed by atoms with Gasteiger partial charge in [0.1, 0.15) is 11.2 Å². The maximum atomic E-state index is 6.52. The van der Waals surface area contributed by atoms with Crippen molar-refractivity contribution in [3.63, 3.8) is 0 Å². The van der Waals surface area contributed by atoms with E-state index in [1.165, 1.54) is 55.6 Å². The Bertz CT molecular complexity index is 2810. The lowest BCUT2D eigenvalue weighted by atomic mass is 9.82. The summed E-state index contributed by atoms with van der Waals surface area (Å²) in [7, 11) is 0. The molecule has 8 aromatic carbocycles. The van der Waals surface area contributed by atoms with Crippen molar-refractivity contribution in [1.29, 1.82) is 0 Å². The summed E-state index contributed by atoms with van der Waals surface area (Å²) in [5.74, 6) is 0. The molecule has 0 fully saturated rings. The molecule has 0 bridgehead atoms. The van der Waals surface area contributed by atoms with Gasteiger partial charge in [0.2, 0.25) is 0 Å². The van der Waals surface area contributed by atoms with Crippen LogP contribution in [0.4, 0.5) is 17.1 Å².